The molecular weight excluding hydrogens is 376 g/mol. The number of nitrogens with two attached hydrogens (primary N) is 1. The zero-order valence-electron chi connectivity index (χ0n) is 15.7. The van der Waals surface area contributed by atoms with Gasteiger partial charge < -0.3 is 24.8 Å². The summed E-state index contributed by atoms with van der Waals surface area (Å²) >= 11 is 1.62. The van der Waals surface area contributed by atoms with E-state index in [-0.39, 0.29) is 16.9 Å². The molecule has 1 fully saturated rings. The van der Waals surface area contributed by atoms with E-state index in [2.05, 4.69) is 16.8 Å². The standard InChI is InChI=1S/C19H20N6O2S/c1-23-5-7-24(8-6-23)19-22-14-4-3-13(9-15(14)28-19)25-11-12(10-20)16(21)17(25)18(26)27-2/h3-4,9,11H,5-8,21H2,1-2H3. The number of nitrogen functional groups attached to an aromatic ring is 1. The fraction of sp³-hybridized carbons (Fsp3) is 0.316. The van der Waals surface area contributed by atoms with Crippen LogP contribution in [0.5, 0.6) is 0 Å². The van der Waals surface area contributed by atoms with E-state index >= 15 is 0 Å². The average molecular weight is 396 g/mol. The van der Waals surface area contributed by atoms with Gasteiger partial charge in [-0.25, -0.2) is 9.78 Å². The number of likely N-dealkylation sites (N-methyl/N-ethyl adjacent to an activating group) is 1. The molecule has 0 spiro atoms. The number of nitriles is 1. The number of anilines is 2. The Bertz CT molecular complexity index is 1090. The average Bonchev–Trinajstić information content (AvgIpc) is 3.28. The Labute approximate surface area is 166 Å². The van der Waals surface area contributed by atoms with E-state index in [9.17, 15) is 10.1 Å². The lowest BCUT2D eigenvalue weighted by atomic mass is 10.2. The Morgan fingerprint density at radius 1 is 1.32 bits per heavy atom. The molecule has 9 heteroatoms. The Kier molecular flexibility index (Phi) is 4.66. The molecule has 1 aromatic carbocycles. The van der Waals surface area contributed by atoms with E-state index in [0.717, 1.165) is 47.2 Å². The summed E-state index contributed by atoms with van der Waals surface area (Å²) < 4.78 is 7.46. The zero-order valence-corrected chi connectivity index (χ0v) is 16.5. The number of hydrogen-bond acceptors (Lipinski definition) is 8. The van der Waals surface area contributed by atoms with Crippen LogP contribution in [0.3, 0.4) is 0 Å². The number of nitrogens with zero attached hydrogens (tertiary/aromatic N) is 5. The van der Waals surface area contributed by atoms with Crippen LogP contribution in [-0.4, -0.2) is 60.8 Å². The molecule has 0 saturated carbocycles. The van der Waals surface area contributed by atoms with Crippen molar-refractivity contribution in [1.29, 1.82) is 5.26 Å². The first-order valence-corrected chi connectivity index (χ1v) is 9.67. The normalized spacial score (nSPS) is 15.0. The number of hydrogen-bond donors (Lipinski definition) is 1. The number of carbonyl (C=O) groups is 1. The van der Waals surface area contributed by atoms with Gasteiger partial charge in [0.2, 0.25) is 0 Å². The summed E-state index contributed by atoms with van der Waals surface area (Å²) in [7, 11) is 3.42. The minimum atomic E-state index is -0.582. The number of fused-ring (bicyclic) bond motifs is 1. The lowest BCUT2D eigenvalue weighted by Crippen LogP contribution is -2.44. The van der Waals surface area contributed by atoms with Gasteiger partial charge in [-0.1, -0.05) is 11.3 Å². The van der Waals surface area contributed by atoms with Crippen LogP contribution in [0.15, 0.2) is 24.4 Å². The molecule has 0 atom stereocenters. The van der Waals surface area contributed by atoms with Crippen molar-refractivity contribution in [3.05, 3.63) is 35.7 Å². The second-order valence-corrected chi connectivity index (χ2v) is 7.73. The van der Waals surface area contributed by atoms with Gasteiger partial charge in [0.05, 0.1) is 28.6 Å². The molecule has 1 saturated heterocycles. The lowest BCUT2D eigenvalue weighted by Gasteiger charge is -2.31. The van der Waals surface area contributed by atoms with Crippen LogP contribution in [0.2, 0.25) is 0 Å². The Balaban J connectivity index is 1.75. The second kappa shape index (κ2) is 7.14. The van der Waals surface area contributed by atoms with Gasteiger partial charge in [0.1, 0.15) is 6.07 Å². The van der Waals surface area contributed by atoms with Crippen LogP contribution in [0.4, 0.5) is 10.8 Å². The fourth-order valence-electron chi connectivity index (χ4n) is 3.30. The Hall–Kier alpha value is -3.09. The van der Waals surface area contributed by atoms with Gasteiger partial charge >= 0.3 is 5.97 Å². The predicted octanol–water partition coefficient (Wildman–Crippen LogP) is 2.08. The largest absolute Gasteiger partial charge is 0.464 e. The van der Waals surface area contributed by atoms with Crippen LogP contribution in [0.1, 0.15) is 16.1 Å². The fourth-order valence-corrected chi connectivity index (χ4v) is 4.35. The summed E-state index contributed by atoms with van der Waals surface area (Å²) in [5.74, 6) is -0.582. The summed E-state index contributed by atoms with van der Waals surface area (Å²) in [5.41, 5.74) is 8.14. The lowest BCUT2D eigenvalue weighted by molar-refractivity contribution is 0.0593. The predicted molar refractivity (Wildman–Crippen MR) is 109 cm³/mol. The highest BCUT2D eigenvalue weighted by molar-refractivity contribution is 7.22. The summed E-state index contributed by atoms with van der Waals surface area (Å²) in [6.07, 6.45) is 1.56. The number of rotatable bonds is 3. The number of carbonyl (C=O) groups excluding carboxylic acids is 1. The number of piperazine rings is 1. The zero-order chi connectivity index (χ0) is 19.8. The van der Waals surface area contributed by atoms with E-state index in [1.54, 1.807) is 22.1 Å². The third-order valence-electron chi connectivity index (χ3n) is 4.96. The van der Waals surface area contributed by atoms with Crippen LogP contribution >= 0.6 is 11.3 Å². The van der Waals surface area contributed by atoms with Gasteiger partial charge in [-0.05, 0) is 25.2 Å². The maximum absolute atomic E-state index is 12.2. The maximum atomic E-state index is 12.2. The summed E-state index contributed by atoms with van der Waals surface area (Å²) in [5, 5.41) is 10.3. The molecule has 0 amide bonds. The van der Waals surface area contributed by atoms with Crippen molar-refractivity contribution in [2.24, 2.45) is 0 Å². The molecule has 4 rings (SSSR count). The number of thiazole rings is 1. The van der Waals surface area contributed by atoms with Gasteiger partial charge in [-0.2, -0.15) is 5.26 Å². The Morgan fingerprint density at radius 2 is 2.07 bits per heavy atom. The van der Waals surface area contributed by atoms with Crippen molar-refractivity contribution in [2.75, 3.05) is 51.0 Å². The van der Waals surface area contributed by atoms with Gasteiger partial charge in [0.15, 0.2) is 10.8 Å². The highest BCUT2D eigenvalue weighted by Crippen LogP contribution is 2.32. The van der Waals surface area contributed by atoms with Crippen molar-refractivity contribution >= 4 is 38.3 Å². The maximum Gasteiger partial charge on any atom is 0.357 e. The number of aromatic nitrogens is 2. The number of ether oxygens (including phenoxy) is 1. The third kappa shape index (κ3) is 3.06. The summed E-state index contributed by atoms with van der Waals surface area (Å²) in [6.45, 7) is 3.94. The SMILES string of the molecule is COC(=O)c1c(N)c(C#N)cn1-c1ccc2nc(N3CCN(C)CC3)sc2c1. The van der Waals surface area contributed by atoms with Crippen molar-refractivity contribution in [3.8, 4) is 11.8 Å². The van der Waals surface area contributed by atoms with Crippen LogP contribution < -0.4 is 10.6 Å². The van der Waals surface area contributed by atoms with Gasteiger partial charge in [-0.3, -0.25) is 0 Å². The van der Waals surface area contributed by atoms with Gasteiger partial charge in [-0.15, -0.1) is 0 Å². The minimum Gasteiger partial charge on any atom is -0.464 e. The number of benzene rings is 1. The Morgan fingerprint density at radius 3 is 2.75 bits per heavy atom. The second-order valence-electron chi connectivity index (χ2n) is 6.72. The van der Waals surface area contributed by atoms with Crippen molar-refractivity contribution in [2.45, 2.75) is 0 Å². The van der Waals surface area contributed by atoms with Gasteiger partial charge in [0.25, 0.3) is 0 Å². The van der Waals surface area contributed by atoms with Crippen molar-refractivity contribution in [1.82, 2.24) is 14.5 Å². The molecule has 0 unspecified atom stereocenters. The van der Waals surface area contributed by atoms with E-state index in [0.29, 0.717) is 0 Å². The minimum absolute atomic E-state index is 0.122. The van der Waals surface area contributed by atoms with Crippen molar-refractivity contribution < 1.29 is 9.53 Å². The van der Waals surface area contributed by atoms with Crippen molar-refractivity contribution in [3.63, 3.8) is 0 Å². The molecule has 28 heavy (non-hydrogen) atoms. The van der Waals surface area contributed by atoms with Gasteiger partial charge in [0, 0.05) is 38.1 Å². The molecule has 0 aliphatic carbocycles. The number of methoxy groups -OCH3 is 1. The summed E-state index contributed by atoms with van der Waals surface area (Å²) in [4.78, 5) is 21.6. The molecule has 2 aromatic heterocycles. The number of esters is 1. The monoisotopic (exact) mass is 396 g/mol. The van der Waals surface area contributed by atoms with E-state index in [1.807, 2.05) is 24.3 Å². The summed E-state index contributed by atoms with van der Waals surface area (Å²) in [6, 6.07) is 7.76. The quantitative estimate of drug-likeness (QED) is 0.677. The topological polar surface area (TPSA) is 100 Å². The molecule has 0 bridgehead atoms. The molecule has 144 valence electrons. The molecule has 3 heterocycles. The first-order chi connectivity index (χ1) is 13.5. The molecule has 3 aromatic rings. The molecule has 2 N–H and O–H groups in total. The molecule has 8 nitrogen and oxygen atoms in total. The van der Waals surface area contributed by atoms with Crippen LogP contribution in [-0.2, 0) is 4.74 Å². The molecule has 0 radical (unpaired) electrons. The van der Waals surface area contributed by atoms with Crippen LogP contribution in [0, 0.1) is 11.3 Å². The van der Waals surface area contributed by atoms with E-state index in [1.165, 1.54) is 7.11 Å². The first-order valence-electron chi connectivity index (χ1n) is 8.85. The molecule has 1 aliphatic rings. The smallest absolute Gasteiger partial charge is 0.357 e. The first kappa shape index (κ1) is 18.3. The van der Waals surface area contributed by atoms with Crippen LogP contribution in [0.25, 0.3) is 15.9 Å². The van der Waals surface area contributed by atoms with E-state index in [4.69, 9.17) is 15.5 Å². The highest BCUT2D eigenvalue weighted by Gasteiger charge is 2.22. The third-order valence-corrected chi connectivity index (χ3v) is 6.04. The molecule has 1 aliphatic heterocycles. The highest BCUT2D eigenvalue weighted by atomic mass is 32.1. The van der Waals surface area contributed by atoms with E-state index < -0.39 is 5.97 Å². The molecular formula is C19H20N6O2S.